The van der Waals surface area contributed by atoms with Crippen LogP contribution in [-0.4, -0.2) is 136 Å². The van der Waals surface area contributed by atoms with Gasteiger partial charge in [0.15, 0.2) is 0 Å². The summed E-state index contributed by atoms with van der Waals surface area (Å²) >= 11 is 0. The number of aliphatic hydroxyl groups excluding tert-OH is 1. The molecule has 1 heterocycles. The number of hydrogen-bond donors (Lipinski definition) is 10. The van der Waals surface area contributed by atoms with Gasteiger partial charge in [0, 0.05) is 62.5 Å². The van der Waals surface area contributed by atoms with Crippen LogP contribution in [0.5, 0.6) is 0 Å². The maximum Gasteiger partial charge on any atom is 0.303 e. The maximum atomic E-state index is 15.3. The minimum Gasteiger partial charge on any atom is -0.481 e. The summed E-state index contributed by atoms with van der Waals surface area (Å²) in [7, 11) is 0. The van der Waals surface area contributed by atoms with Crippen molar-refractivity contribution in [1.82, 2.24) is 46.7 Å². The average Bonchev–Trinajstić information content (AvgIpc) is 3.71. The van der Waals surface area contributed by atoms with E-state index in [1.54, 1.807) is 37.6 Å². The molecule has 0 aliphatic carbocycles. The maximum absolute atomic E-state index is 15.3. The van der Waals surface area contributed by atoms with Gasteiger partial charge in [-0.05, 0) is 55.5 Å². The Labute approximate surface area is 414 Å². The van der Waals surface area contributed by atoms with Crippen molar-refractivity contribution in [3.8, 4) is 11.1 Å². The molecule has 3 aromatic rings. The van der Waals surface area contributed by atoms with E-state index in [9.17, 15) is 57.4 Å². The second kappa shape index (κ2) is 27.6. The van der Waals surface area contributed by atoms with Crippen LogP contribution in [0.25, 0.3) is 11.1 Å². The number of hydrogen-bond acceptors (Lipinski definition) is 11. The molecular weight excluding hydrogens is 947 g/mol. The molecular formula is C48H64F2N10O12. The highest BCUT2D eigenvalue weighted by Gasteiger charge is 2.38. The number of halogens is 2. The summed E-state index contributed by atoms with van der Waals surface area (Å²) in [6, 6.07) is 7.03. The number of aromatic nitrogens is 1. The van der Waals surface area contributed by atoms with Crippen LogP contribution < -0.4 is 43.0 Å². The van der Waals surface area contributed by atoms with E-state index in [2.05, 4.69) is 37.2 Å². The molecule has 24 heteroatoms. The highest BCUT2D eigenvalue weighted by molar-refractivity contribution is 5.97. The number of benzene rings is 2. The first kappa shape index (κ1) is 58.6. The van der Waals surface area contributed by atoms with Gasteiger partial charge in [-0.3, -0.25) is 47.9 Å². The van der Waals surface area contributed by atoms with Gasteiger partial charge in [0.05, 0.1) is 25.4 Å². The van der Waals surface area contributed by atoms with E-state index in [4.69, 9.17) is 10.8 Å². The Hall–Kier alpha value is -7.76. The van der Waals surface area contributed by atoms with Gasteiger partial charge in [-0.1, -0.05) is 51.1 Å². The van der Waals surface area contributed by atoms with E-state index in [0.29, 0.717) is 5.69 Å². The Bertz CT molecular complexity index is 2450. The predicted octanol–water partition coefficient (Wildman–Crippen LogP) is -0.132. The van der Waals surface area contributed by atoms with Crippen LogP contribution in [0, 0.1) is 17.0 Å². The number of nitrogens with zero attached hydrogens (tertiary/aromatic N) is 2. The highest BCUT2D eigenvalue weighted by atomic mass is 19.1. The molecule has 0 aliphatic rings. The summed E-state index contributed by atoms with van der Waals surface area (Å²) in [6.07, 6.45) is -0.402. The summed E-state index contributed by atoms with van der Waals surface area (Å²) in [6.45, 7) is 7.00. The zero-order valence-corrected chi connectivity index (χ0v) is 40.9. The number of carboxylic acid groups (broad SMARTS) is 1. The molecule has 0 saturated carbocycles. The smallest absolute Gasteiger partial charge is 0.303 e. The molecule has 0 aliphatic heterocycles. The molecule has 5 atom stereocenters. The van der Waals surface area contributed by atoms with Crippen LogP contribution in [-0.2, 0) is 54.5 Å². The van der Waals surface area contributed by atoms with Crippen LogP contribution >= 0.6 is 0 Å². The van der Waals surface area contributed by atoms with Gasteiger partial charge in [-0.25, -0.2) is 8.78 Å². The van der Waals surface area contributed by atoms with E-state index in [0.717, 1.165) is 23.8 Å². The quantitative estimate of drug-likeness (QED) is 0.0447. The Kier molecular flexibility index (Phi) is 22.4. The van der Waals surface area contributed by atoms with Crippen molar-refractivity contribution < 1.29 is 66.9 Å². The van der Waals surface area contributed by atoms with E-state index < -0.39 is 139 Å². The van der Waals surface area contributed by atoms with Gasteiger partial charge in [-0.15, -0.1) is 0 Å². The number of carbonyl (C=O) groups excluding carboxylic acids is 9. The number of rotatable bonds is 27. The number of aliphatic carboxylic acids is 1. The number of carbonyl (C=O) groups is 10. The lowest BCUT2D eigenvalue weighted by Crippen LogP contribution is -2.58. The number of amides is 9. The van der Waals surface area contributed by atoms with Crippen LogP contribution in [0.1, 0.15) is 84.5 Å². The van der Waals surface area contributed by atoms with Crippen molar-refractivity contribution in [2.45, 2.75) is 104 Å². The molecule has 0 saturated heterocycles. The molecule has 2 aromatic carbocycles. The molecule has 392 valence electrons. The lowest BCUT2D eigenvalue weighted by atomic mass is 9.82. The summed E-state index contributed by atoms with van der Waals surface area (Å²) in [5.74, 6) is -10.1. The van der Waals surface area contributed by atoms with Crippen LogP contribution in [0.15, 0.2) is 60.8 Å². The Morgan fingerprint density at radius 3 is 1.99 bits per heavy atom. The standard InChI is InChI=1S/C48H64F2N10O12/c1-27(55-29(3)62)44(69)56-28(2)45(70)58-36(22-38(51)63)47(72)57-35(46(71)53-18-17-52-40(65)23-54-39(64)14-15-42(67)68)16-19-60(41(66)26-61)43(48(4,5)6)37-20-31(33-21-32(49)12-13-34(33)50)25-59(37)24-30-10-8-7-9-11-30/h7-13,20-21,25,27-28,35-36,43,61H,14-19,22-24,26H2,1-6H3,(H2,51,63)(H,52,65)(H,53,71)(H,54,64)(H,55,62)(H,56,69)(H,57,72)(H,58,70)(H,67,68)/t27-,28+,35-,36-,43-/m0/s1. The lowest BCUT2D eigenvalue weighted by molar-refractivity contribution is -0.140. The van der Waals surface area contributed by atoms with E-state index >= 15 is 4.39 Å². The topological polar surface area (TPSA) is 330 Å². The molecule has 72 heavy (non-hydrogen) atoms. The first-order valence-electron chi connectivity index (χ1n) is 22.9. The minimum atomic E-state index is -1.73. The van der Waals surface area contributed by atoms with Gasteiger partial charge >= 0.3 is 5.97 Å². The third-order valence-electron chi connectivity index (χ3n) is 10.9. The van der Waals surface area contributed by atoms with Gasteiger partial charge < -0.3 is 62.6 Å². The van der Waals surface area contributed by atoms with Crippen molar-refractivity contribution in [3.63, 3.8) is 0 Å². The summed E-state index contributed by atoms with van der Waals surface area (Å²) in [4.78, 5) is 128. The predicted molar refractivity (Wildman–Crippen MR) is 255 cm³/mol. The number of aliphatic hydroxyl groups is 1. The Balaban J connectivity index is 2.02. The second-order valence-electron chi connectivity index (χ2n) is 18.0. The van der Waals surface area contributed by atoms with Crippen LogP contribution in [0.4, 0.5) is 8.78 Å². The number of nitrogens with one attached hydrogen (secondary N) is 7. The Morgan fingerprint density at radius 1 is 0.750 bits per heavy atom. The van der Waals surface area contributed by atoms with Crippen molar-refractivity contribution in [2.75, 3.05) is 32.8 Å². The second-order valence-corrected chi connectivity index (χ2v) is 18.0. The fourth-order valence-electron chi connectivity index (χ4n) is 7.45. The summed E-state index contributed by atoms with van der Waals surface area (Å²) in [5.41, 5.74) is 5.97. The molecule has 0 spiro atoms. The summed E-state index contributed by atoms with van der Waals surface area (Å²) in [5, 5.41) is 36.0. The van der Waals surface area contributed by atoms with Crippen LogP contribution in [0.3, 0.4) is 0 Å². The van der Waals surface area contributed by atoms with Crippen LogP contribution in [0.2, 0.25) is 0 Å². The third-order valence-corrected chi connectivity index (χ3v) is 10.9. The molecule has 11 N–H and O–H groups in total. The minimum absolute atomic E-state index is 0.0687. The molecule has 0 fully saturated rings. The van der Waals surface area contributed by atoms with E-state index in [1.807, 2.05) is 30.3 Å². The highest BCUT2D eigenvalue weighted by Crippen LogP contribution is 2.41. The van der Waals surface area contributed by atoms with Crippen molar-refractivity contribution in [3.05, 3.63) is 83.7 Å². The third kappa shape index (κ3) is 18.9. The average molecular weight is 1010 g/mol. The molecule has 0 unspecified atom stereocenters. The zero-order valence-electron chi connectivity index (χ0n) is 40.9. The van der Waals surface area contributed by atoms with E-state index in [1.165, 1.54) is 25.7 Å². The monoisotopic (exact) mass is 1010 g/mol. The molecule has 1 aromatic heterocycles. The van der Waals surface area contributed by atoms with Gasteiger partial charge in [0.2, 0.25) is 53.2 Å². The number of carboxylic acids is 1. The van der Waals surface area contributed by atoms with E-state index in [-0.39, 0.29) is 43.7 Å². The largest absolute Gasteiger partial charge is 0.481 e. The fourth-order valence-corrected chi connectivity index (χ4v) is 7.45. The zero-order chi connectivity index (χ0) is 53.9. The number of nitrogens with two attached hydrogens (primary N) is 1. The fraction of sp³-hybridized carbons (Fsp3) is 0.458. The molecule has 22 nitrogen and oxygen atoms in total. The van der Waals surface area contributed by atoms with Gasteiger partial charge in [-0.2, -0.15) is 0 Å². The van der Waals surface area contributed by atoms with Gasteiger partial charge in [0.25, 0.3) is 0 Å². The Morgan fingerprint density at radius 2 is 1.38 bits per heavy atom. The molecule has 0 bridgehead atoms. The molecule has 3 rings (SSSR count). The first-order chi connectivity index (χ1) is 33.8. The lowest BCUT2D eigenvalue weighted by Gasteiger charge is -2.41. The summed E-state index contributed by atoms with van der Waals surface area (Å²) < 4.78 is 31.6. The van der Waals surface area contributed by atoms with Crippen molar-refractivity contribution >= 4 is 59.1 Å². The van der Waals surface area contributed by atoms with Crippen molar-refractivity contribution in [2.24, 2.45) is 11.1 Å². The van der Waals surface area contributed by atoms with Gasteiger partial charge in [0.1, 0.15) is 42.4 Å². The SMILES string of the molecule is CC(=O)N[C@@H](C)C(=O)N[C@H](C)C(=O)N[C@@H](CC(N)=O)C(=O)N[C@@H](CCN(C(=O)CO)[C@@H](c1cc(-c2cc(F)ccc2F)cn1Cc1ccccc1)C(C)(C)C)C(=O)NCCNC(=O)CNC(=O)CCC(=O)O. The first-order valence-corrected chi connectivity index (χ1v) is 22.9. The molecule has 9 amide bonds. The molecule has 0 radical (unpaired) electrons. The van der Waals surface area contributed by atoms with Crippen molar-refractivity contribution in [1.29, 1.82) is 0 Å². The normalized spacial score (nSPS) is 13.2. The number of primary amides is 1.